The van der Waals surface area contributed by atoms with Gasteiger partial charge in [0.1, 0.15) is 6.61 Å². The summed E-state index contributed by atoms with van der Waals surface area (Å²) in [5.74, 6) is 1.50. The van der Waals surface area contributed by atoms with Crippen LogP contribution >= 0.6 is 0 Å². The maximum Gasteiger partial charge on any atom is 0.163 e. The largest absolute Gasteiger partial charge is 0.493 e. The van der Waals surface area contributed by atoms with Crippen LogP contribution in [0.15, 0.2) is 54.7 Å². The van der Waals surface area contributed by atoms with Crippen LogP contribution in [-0.4, -0.2) is 12.1 Å². The molecule has 0 amide bonds. The Morgan fingerprint density at radius 2 is 1.84 bits per heavy atom. The Balaban J connectivity index is 1.86. The highest BCUT2D eigenvalue weighted by molar-refractivity contribution is 5.83. The number of hydrogen-bond acceptors (Lipinski definition) is 2. The van der Waals surface area contributed by atoms with Gasteiger partial charge in [0.2, 0.25) is 0 Å². The summed E-state index contributed by atoms with van der Waals surface area (Å²) >= 11 is 0. The zero-order valence-electron chi connectivity index (χ0n) is 10.7. The SMILES string of the molecule is COc1cc2cc[nH]c2cc1OCc1ccccc1. The van der Waals surface area contributed by atoms with Crippen molar-refractivity contribution in [3.05, 3.63) is 60.3 Å². The zero-order chi connectivity index (χ0) is 13.1. The predicted molar refractivity (Wildman–Crippen MR) is 75.6 cm³/mol. The summed E-state index contributed by atoms with van der Waals surface area (Å²) in [4.78, 5) is 3.17. The lowest BCUT2D eigenvalue weighted by atomic mass is 10.2. The summed E-state index contributed by atoms with van der Waals surface area (Å²) in [6.07, 6.45) is 1.91. The van der Waals surface area contributed by atoms with Crippen molar-refractivity contribution in [3.8, 4) is 11.5 Å². The maximum absolute atomic E-state index is 5.85. The minimum atomic E-state index is 0.531. The van der Waals surface area contributed by atoms with Crippen LogP contribution in [0, 0.1) is 0 Å². The molecule has 3 aromatic rings. The Kier molecular flexibility index (Phi) is 3.11. The molecule has 0 radical (unpaired) electrons. The lowest BCUT2D eigenvalue weighted by Gasteiger charge is -2.11. The molecule has 0 fully saturated rings. The van der Waals surface area contributed by atoms with Crippen molar-refractivity contribution in [2.24, 2.45) is 0 Å². The average Bonchev–Trinajstić information content (AvgIpc) is 2.92. The summed E-state index contributed by atoms with van der Waals surface area (Å²) in [6, 6.07) is 16.0. The molecule has 3 nitrogen and oxygen atoms in total. The van der Waals surface area contributed by atoms with E-state index in [-0.39, 0.29) is 0 Å². The molecule has 1 aromatic heterocycles. The smallest absolute Gasteiger partial charge is 0.163 e. The molecule has 0 saturated carbocycles. The molecule has 1 N–H and O–H groups in total. The van der Waals surface area contributed by atoms with E-state index in [1.807, 2.05) is 54.7 Å². The monoisotopic (exact) mass is 253 g/mol. The molecule has 0 atom stereocenters. The van der Waals surface area contributed by atoms with Crippen molar-refractivity contribution >= 4 is 10.9 Å². The molecule has 96 valence electrons. The second-order valence-corrected chi connectivity index (χ2v) is 4.34. The lowest BCUT2D eigenvalue weighted by Crippen LogP contribution is -1.97. The number of fused-ring (bicyclic) bond motifs is 1. The molecule has 0 unspecified atom stereocenters. The van der Waals surface area contributed by atoms with Gasteiger partial charge in [0.15, 0.2) is 11.5 Å². The van der Waals surface area contributed by atoms with Crippen LogP contribution < -0.4 is 9.47 Å². The van der Waals surface area contributed by atoms with E-state index in [1.54, 1.807) is 7.11 Å². The van der Waals surface area contributed by atoms with E-state index < -0.39 is 0 Å². The number of hydrogen-bond donors (Lipinski definition) is 1. The molecule has 2 aromatic carbocycles. The molecule has 1 heterocycles. The predicted octanol–water partition coefficient (Wildman–Crippen LogP) is 3.76. The third kappa shape index (κ3) is 2.40. The standard InChI is InChI=1S/C16H15NO2/c1-18-15-9-13-7-8-17-14(13)10-16(15)19-11-12-5-3-2-4-6-12/h2-10,17H,11H2,1H3. The molecule has 0 bridgehead atoms. The Bertz CT molecular complexity index is 674. The van der Waals surface area contributed by atoms with Crippen LogP contribution in [0.3, 0.4) is 0 Å². The first-order valence-corrected chi connectivity index (χ1v) is 6.18. The van der Waals surface area contributed by atoms with Gasteiger partial charge in [-0.2, -0.15) is 0 Å². The van der Waals surface area contributed by atoms with E-state index in [9.17, 15) is 0 Å². The van der Waals surface area contributed by atoms with Gasteiger partial charge in [-0.1, -0.05) is 30.3 Å². The molecule has 0 spiro atoms. The molecule has 19 heavy (non-hydrogen) atoms. The number of nitrogens with one attached hydrogen (secondary N) is 1. The first-order valence-electron chi connectivity index (χ1n) is 6.18. The molecule has 3 rings (SSSR count). The number of rotatable bonds is 4. The first kappa shape index (κ1) is 11.7. The number of methoxy groups -OCH3 is 1. The van der Waals surface area contributed by atoms with Crippen LogP contribution in [0.4, 0.5) is 0 Å². The summed E-state index contributed by atoms with van der Waals surface area (Å²) in [5, 5.41) is 1.11. The van der Waals surface area contributed by atoms with Gasteiger partial charge in [-0.05, 0) is 17.7 Å². The van der Waals surface area contributed by atoms with Crippen molar-refractivity contribution in [2.45, 2.75) is 6.61 Å². The number of aromatic amines is 1. The summed E-state index contributed by atoms with van der Waals surface area (Å²) in [7, 11) is 1.66. The second kappa shape index (κ2) is 5.06. The van der Waals surface area contributed by atoms with Gasteiger partial charge < -0.3 is 14.5 Å². The molecular formula is C16H15NO2. The van der Waals surface area contributed by atoms with Crippen molar-refractivity contribution in [2.75, 3.05) is 7.11 Å². The number of ether oxygens (including phenoxy) is 2. The van der Waals surface area contributed by atoms with E-state index in [4.69, 9.17) is 9.47 Å². The summed E-state index contributed by atoms with van der Waals surface area (Å²) in [6.45, 7) is 0.531. The Hall–Kier alpha value is -2.42. The summed E-state index contributed by atoms with van der Waals surface area (Å²) < 4.78 is 11.2. The van der Waals surface area contributed by atoms with Crippen LogP contribution in [0.1, 0.15) is 5.56 Å². The Labute approximate surface area is 111 Å². The number of benzene rings is 2. The van der Waals surface area contributed by atoms with E-state index >= 15 is 0 Å². The Morgan fingerprint density at radius 1 is 1.00 bits per heavy atom. The highest BCUT2D eigenvalue weighted by Gasteiger charge is 2.07. The molecule has 0 aliphatic carbocycles. The average molecular weight is 253 g/mol. The van der Waals surface area contributed by atoms with Gasteiger partial charge in [0, 0.05) is 23.2 Å². The van der Waals surface area contributed by atoms with E-state index in [1.165, 1.54) is 0 Å². The third-order valence-electron chi connectivity index (χ3n) is 3.07. The molecule has 0 aliphatic rings. The van der Waals surface area contributed by atoms with Gasteiger partial charge in [-0.3, -0.25) is 0 Å². The zero-order valence-corrected chi connectivity index (χ0v) is 10.7. The van der Waals surface area contributed by atoms with Crippen molar-refractivity contribution in [1.82, 2.24) is 4.98 Å². The molecule has 3 heteroatoms. The van der Waals surface area contributed by atoms with Gasteiger partial charge in [-0.25, -0.2) is 0 Å². The van der Waals surface area contributed by atoms with Gasteiger partial charge >= 0.3 is 0 Å². The number of aromatic nitrogens is 1. The molecular weight excluding hydrogens is 238 g/mol. The van der Waals surface area contributed by atoms with E-state index in [2.05, 4.69) is 4.98 Å². The fraction of sp³-hybridized carbons (Fsp3) is 0.125. The minimum Gasteiger partial charge on any atom is -0.493 e. The molecule has 0 aliphatic heterocycles. The highest BCUT2D eigenvalue weighted by atomic mass is 16.5. The van der Waals surface area contributed by atoms with Gasteiger partial charge in [0.05, 0.1) is 7.11 Å². The second-order valence-electron chi connectivity index (χ2n) is 4.34. The van der Waals surface area contributed by atoms with Crippen molar-refractivity contribution in [3.63, 3.8) is 0 Å². The quantitative estimate of drug-likeness (QED) is 0.768. The van der Waals surface area contributed by atoms with E-state index in [0.29, 0.717) is 6.61 Å². The minimum absolute atomic E-state index is 0.531. The van der Waals surface area contributed by atoms with Gasteiger partial charge in [-0.15, -0.1) is 0 Å². The maximum atomic E-state index is 5.85. The fourth-order valence-electron chi connectivity index (χ4n) is 2.07. The highest BCUT2D eigenvalue weighted by Crippen LogP contribution is 2.32. The van der Waals surface area contributed by atoms with Crippen LogP contribution in [0.2, 0.25) is 0 Å². The number of H-pyrrole nitrogens is 1. The molecule has 0 saturated heterocycles. The Morgan fingerprint density at radius 3 is 2.63 bits per heavy atom. The topological polar surface area (TPSA) is 34.2 Å². The van der Waals surface area contributed by atoms with Crippen LogP contribution in [0.25, 0.3) is 10.9 Å². The lowest BCUT2D eigenvalue weighted by molar-refractivity contribution is 0.285. The third-order valence-corrected chi connectivity index (χ3v) is 3.07. The van der Waals surface area contributed by atoms with Gasteiger partial charge in [0.25, 0.3) is 0 Å². The van der Waals surface area contributed by atoms with Crippen molar-refractivity contribution < 1.29 is 9.47 Å². The normalized spacial score (nSPS) is 10.6. The first-order chi connectivity index (χ1) is 9.36. The summed E-state index contributed by atoms with van der Waals surface area (Å²) in [5.41, 5.74) is 2.18. The van der Waals surface area contributed by atoms with E-state index in [0.717, 1.165) is 28.0 Å². The van der Waals surface area contributed by atoms with Crippen LogP contribution in [0.5, 0.6) is 11.5 Å². The van der Waals surface area contributed by atoms with Crippen molar-refractivity contribution in [1.29, 1.82) is 0 Å². The fourth-order valence-corrected chi connectivity index (χ4v) is 2.07. The van der Waals surface area contributed by atoms with Crippen LogP contribution in [-0.2, 0) is 6.61 Å².